The standard InChI is InChI=1S/C30H32N4O7S/c1-18-22(28(30(38)39)34-27(18)25(19(2)36)29(34)37)16-33-23-8-4-3-7-21(23)26-20(6-5-9-24(26)42(33,40)41)10-11-31-12-13-32(17-31)14-15-35/h3-9,12-13,17-19,25,27,35-36H,10-11,14-16H2,1-2H3/p+1/t18-,19+,25+,27+/m0/s1. The van der Waals surface area contributed by atoms with Gasteiger partial charge >= 0.3 is 5.97 Å². The van der Waals surface area contributed by atoms with E-state index in [1.54, 1.807) is 31.2 Å². The fourth-order valence-electron chi connectivity index (χ4n) is 6.70. The van der Waals surface area contributed by atoms with E-state index in [2.05, 4.69) is 0 Å². The van der Waals surface area contributed by atoms with Crippen molar-refractivity contribution in [3.05, 3.63) is 78.0 Å². The molecule has 4 atom stereocenters. The molecule has 1 aromatic heterocycles. The molecule has 42 heavy (non-hydrogen) atoms. The maximum absolute atomic E-state index is 14.3. The zero-order valence-electron chi connectivity index (χ0n) is 23.3. The minimum absolute atomic E-state index is 0.0335. The Morgan fingerprint density at radius 2 is 1.90 bits per heavy atom. The highest BCUT2D eigenvalue weighted by molar-refractivity contribution is 7.93. The number of anilines is 1. The van der Waals surface area contributed by atoms with E-state index in [0.717, 1.165) is 11.1 Å². The Bertz CT molecular complexity index is 1730. The Kier molecular flexibility index (Phi) is 6.95. The molecule has 3 N–H and O–H groups in total. The zero-order valence-corrected chi connectivity index (χ0v) is 24.1. The van der Waals surface area contributed by atoms with Crippen molar-refractivity contribution in [2.45, 2.75) is 50.4 Å². The fraction of sp³-hybridized carbons (Fsp3) is 0.367. The van der Waals surface area contributed by atoms with E-state index < -0.39 is 45.9 Å². The number of benzene rings is 2. The van der Waals surface area contributed by atoms with Crippen LogP contribution in [0.1, 0.15) is 19.4 Å². The number of hydrogen-bond acceptors (Lipinski definition) is 6. The molecule has 1 amide bonds. The summed E-state index contributed by atoms with van der Waals surface area (Å²) in [6.45, 7) is 4.18. The molecule has 11 nitrogen and oxygen atoms in total. The molecule has 6 rings (SSSR count). The number of aliphatic carboxylic acids is 1. The zero-order chi connectivity index (χ0) is 29.9. The van der Waals surface area contributed by atoms with Gasteiger partial charge in [0.1, 0.15) is 24.6 Å². The van der Waals surface area contributed by atoms with Crippen LogP contribution < -0.4 is 8.87 Å². The van der Waals surface area contributed by atoms with Gasteiger partial charge in [0.2, 0.25) is 12.2 Å². The minimum atomic E-state index is -4.11. The van der Waals surface area contributed by atoms with Crippen molar-refractivity contribution in [1.82, 2.24) is 9.47 Å². The number of para-hydroxylation sites is 1. The van der Waals surface area contributed by atoms with Crippen LogP contribution in [0, 0.1) is 11.8 Å². The van der Waals surface area contributed by atoms with Gasteiger partial charge in [-0.1, -0.05) is 37.3 Å². The highest BCUT2D eigenvalue weighted by atomic mass is 32.2. The fourth-order valence-corrected chi connectivity index (χ4v) is 8.42. The van der Waals surface area contributed by atoms with Gasteiger partial charge in [-0.05, 0) is 30.2 Å². The van der Waals surface area contributed by atoms with Gasteiger partial charge in [0.05, 0.1) is 48.3 Å². The van der Waals surface area contributed by atoms with Crippen molar-refractivity contribution >= 4 is 27.6 Å². The molecule has 2 aromatic carbocycles. The van der Waals surface area contributed by atoms with Crippen molar-refractivity contribution in [3.8, 4) is 11.1 Å². The first-order valence-electron chi connectivity index (χ1n) is 13.9. The number of carboxylic acids is 1. The second kappa shape index (κ2) is 10.4. The van der Waals surface area contributed by atoms with Gasteiger partial charge < -0.3 is 20.2 Å². The average Bonchev–Trinajstić information content (AvgIpc) is 3.49. The number of aryl methyl sites for hydroxylation is 2. The van der Waals surface area contributed by atoms with E-state index in [4.69, 9.17) is 0 Å². The SMILES string of the molecule is C[C@@H](O)[C@H]1C(=O)N2C(C(=O)O)=C(CN3c4ccccc4-c4c(CCn5cc[n+](CCO)c5)cccc4S3(=O)=O)[C@H](C)[C@H]12. The average molecular weight is 594 g/mol. The smallest absolute Gasteiger partial charge is 0.352 e. The Labute approximate surface area is 243 Å². The molecule has 220 valence electrons. The van der Waals surface area contributed by atoms with Gasteiger partial charge in [0, 0.05) is 23.5 Å². The van der Waals surface area contributed by atoms with Crippen LogP contribution in [0.2, 0.25) is 0 Å². The van der Waals surface area contributed by atoms with Crippen LogP contribution in [0.4, 0.5) is 5.69 Å². The molecule has 1 fully saturated rings. The predicted molar refractivity (Wildman–Crippen MR) is 151 cm³/mol. The van der Waals surface area contributed by atoms with Crippen LogP contribution in [0.25, 0.3) is 11.1 Å². The van der Waals surface area contributed by atoms with E-state index in [0.29, 0.717) is 36.3 Å². The van der Waals surface area contributed by atoms with Gasteiger partial charge in [-0.15, -0.1) is 0 Å². The summed E-state index contributed by atoms with van der Waals surface area (Å²) in [5.41, 5.74) is 2.79. The molecule has 12 heteroatoms. The largest absolute Gasteiger partial charge is 0.477 e. The number of rotatable bonds is 9. The lowest BCUT2D eigenvalue weighted by Crippen LogP contribution is -2.63. The van der Waals surface area contributed by atoms with Crippen molar-refractivity contribution in [2.24, 2.45) is 11.8 Å². The van der Waals surface area contributed by atoms with Gasteiger partial charge in [0.15, 0.2) is 0 Å². The number of sulfonamides is 1. The third-order valence-electron chi connectivity index (χ3n) is 8.70. The van der Waals surface area contributed by atoms with Crippen molar-refractivity contribution in [2.75, 3.05) is 17.5 Å². The molecular weight excluding hydrogens is 560 g/mol. The molecular formula is C30H33N4O7S+. The van der Waals surface area contributed by atoms with E-state index in [1.165, 1.54) is 16.1 Å². The van der Waals surface area contributed by atoms with Crippen LogP contribution in [0.15, 0.2) is 77.4 Å². The maximum atomic E-state index is 14.3. The summed E-state index contributed by atoms with van der Waals surface area (Å²) in [6, 6.07) is 11.9. The summed E-state index contributed by atoms with van der Waals surface area (Å²) in [7, 11) is -4.11. The van der Waals surface area contributed by atoms with Crippen molar-refractivity contribution in [3.63, 3.8) is 0 Å². The number of hydrogen-bond donors (Lipinski definition) is 3. The van der Waals surface area contributed by atoms with Crippen LogP contribution in [0.3, 0.4) is 0 Å². The summed E-state index contributed by atoms with van der Waals surface area (Å²) in [4.78, 5) is 26.6. The Morgan fingerprint density at radius 3 is 2.62 bits per heavy atom. The first-order chi connectivity index (χ1) is 20.1. The number of carbonyl (C=O) groups excluding carboxylic acids is 1. The quantitative estimate of drug-likeness (QED) is 0.251. The first-order valence-corrected chi connectivity index (χ1v) is 15.4. The third kappa shape index (κ3) is 4.24. The van der Waals surface area contributed by atoms with E-state index in [9.17, 15) is 33.3 Å². The number of aromatic nitrogens is 2. The topological polar surface area (TPSA) is 144 Å². The predicted octanol–water partition coefficient (Wildman–Crippen LogP) is 1.38. The molecule has 0 bridgehead atoms. The highest BCUT2D eigenvalue weighted by Crippen LogP contribution is 2.50. The number of imidazole rings is 1. The number of nitrogens with zero attached hydrogens (tertiary/aromatic N) is 4. The Balaban J connectivity index is 1.38. The van der Waals surface area contributed by atoms with Gasteiger partial charge in [-0.25, -0.2) is 22.3 Å². The van der Waals surface area contributed by atoms with Crippen LogP contribution in [-0.4, -0.2) is 70.4 Å². The normalized spacial score (nSPS) is 22.9. The number of amides is 1. The molecule has 3 aliphatic heterocycles. The Morgan fingerprint density at radius 1 is 1.14 bits per heavy atom. The molecule has 0 spiro atoms. The highest BCUT2D eigenvalue weighted by Gasteiger charge is 2.60. The van der Waals surface area contributed by atoms with Crippen LogP contribution >= 0.6 is 0 Å². The van der Waals surface area contributed by atoms with Crippen molar-refractivity contribution in [1.29, 1.82) is 0 Å². The number of β-lactam (4-membered cyclic amide) rings is 1. The monoisotopic (exact) mass is 593 g/mol. The van der Waals surface area contributed by atoms with E-state index in [1.807, 2.05) is 46.1 Å². The van der Waals surface area contributed by atoms with Crippen LogP contribution in [0.5, 0.6) is 0 Å². The maximum Gasteiger partial charge on any atom is 0.352 e. The Hall–Kier alpha value is -4.00. The molecule has 0 saturated carbocycles. The minimum Gasteiger partial charge on any atom is -0.477 e. The molecule has 3 aromatic rings. The number of aliphatic hydroxyl groups is 2. The number of fused-ring (bicyclic) bond motifs is 4. The van der Waals surface area contributed by atoms with Gasteiger partial charge in [0.25, 0.3) is 10.0 Å². The van der Waals surface area contributed by atoms with Crippen molar-refractivity contribution < 1.29 is 37.9 Å². The second-order valence-corrected chi connectivity index (χ2v) is 12.9. The third-order valence-corrected chi connectivity index (χ3v) is 10.5. The molecule has 3 aliphatic rings. The summed E-state index contributed by atoms with van der Waals surface area (Å²) in [5.74, 6) is -2.96. The summed E-state index contributed by atoms with van der Waals surface area (Å²) < 4.78 is 33.6. The number of aliphatic hydroxyl groups excluding tert-OH is 2. The summed E-state index contributed by atoms with van der Waals surface area (Å²) >= 11 is 0. The van der Waals surface area contributed by atoms with E-state index in [-0.39, 0.29) is 23.7 Å². The molecule has 4 heterocycles. The summed E-state index contributed by atoms with van der Waals surface area (Å²) in [5, 5.41) is 29.5. The van der Waals surface area contributed by atoms with Gasteiger partial charge in [-0.3, -0.25) is 9.10 Å². The molecule has 1 saturated heterocycles. The lowest BCUT2D eigenvalue weighted by atomic mass is 9.77. The van der Waals surface area contributed by atoms with Crippen LogP contribution in [-0.2, 0) is 39.1 Å². The molecule has 0 aliphatic carbocycles. The first kappa shape index (κ1) is 28.1. The molecule has 0 radical (unpaired) electrons. The number of carboxylic acid groups (broad SMARTS) is 1. The number of carbonyl (C=O) groups is 2. The lowest BCUT2D eigenvalue weighted by Gasteiger charge is -2.46. The van der Waals surface area contributed by atoms with E-state index >= 15 is 0 Å². The van der Waals surface area contributed by atoms with Gasteiger partial charge in [-0.2, -0.15) is 0 Å². The second-order valence-electron chi connectivity index (χ2n) is 11.1. The summed E-state index contributed by atoms with van der Waals surface area (Å²) in [6.07, 6.45) is 5.28. The molecule has 0 unspecified atom stereocenters. The lowest BCUT2D eigenvalue weighted by molar-refractivity contribution is -0.697.